The summed E-state index contributed by atoms with van der Waals surface area (Å²) in [6.07, 6.45) is 0. The lowest BCUT2D eigenvalue weighted by atomic mass is 10.2. The van der Waals surface area contributed by atoms with Crippen molar-refractivity contribution in [2.75, 3.05) is 5.32 Å². The molecule has 1 N–H and O–H groups in total. The zero-order valence-electron chi connectivity index (χ0n) is 14.6. The van der Waals surface area contributed by atoms with Crippen molar-refractivity contribution in [3.8, 4) is 5.69 Å². The van der Waals surface area contributed by atoms with Crippen molar-refractivity contribution in [3.05, 3.63) is 76.3 Å². The fourth-order valence-corrected chi connectivity index (χ4v) is 3.95. The number of amides is 1. The van der Waals surface area contributed by atoms with Gasteiger partial charge in [-0.25, -0.2) is 13.5 Å². The topological polar surface area (TPSA) is 46.9 Å². The lowest BCUT2D eigenvalue weighted by Gasteiger charge is -2.07. The summed E-state index contributed by atoms with van der Waals surface area (Å²) in [5, 5.41) is 8.17. The molecule has 0 saturated heterocycles. The standard InChI is InChI=1S/C20H15F2N3OS/c1-11-9-14(22)5-8-17(11)23-19(26)18-10-16-12(2)24-25(20(16)27-18)15-6-3-13(21)4-7-15/h3-10H,1-2H3,(H,23,26). The van der Waals surface area contributed by atoms with Crippen LogP contribution in [0, 0.1) is 25.5 Å². The molecule has 1 amide bonds. The number of benzene rings is 2. The third kappa shape index (κ3) is 3.21. The second-order valence-corrected chi connectivity index (χ2v) is 7.25. The van der Waals surface area contributed by atoms with E-state index in [0.717, 1.165) is 21.6 Å². The van der Waals surface area contributed by atoms with Crippen LogP contribution < -0.4 is 5.32 Å². The smallest absolute Gasteiger partial charge is 0.265 e. The van der Waals surface area contributed by atoms with Crippen LogP contribution in [0.5, 0.6) is 0 Å². The van der Waals surface area contributed by atoms with Gasteiger partial charge in [0.1, 0.15) is 16.5 Å². The van der Waals surface area contributed by atoms with Crippen LogP contribution in [0.3, 0.4) is 0 Å². The Morgan fingerprint density at radius 3 is 2.44 bits per heavy atom. The van der Waals surface area contributed by atoms with E-state index >= 15 is 0 Å². The SMILES string of the molecule is Cc1cc(F)ccc1NC(=O)c1cc2c(C)nn(-c3ccc(F)cc3)c2s1. The van der Waals surface area contributed by atoms with Crippen LogP contribution in [-0.4, -0.2) is 15.7 Å². The molecule has 0 saturated carbocycles. The highest BCUT2D eigenvalue weighted by Gasteiger charge is 2.18. The van der Waals surface area contributed by atoms with Gasteiger partial charge in [0, 0.05) is 11.1 Å². The van der Waals surface area contributed by atoms with E-state index in [-0.39, 0.29) is 17.5 Å². The van der Waals surface area contributed by atoms with Gasteiger partial charge in [-0.2, -0.15) is 5.10 Å². The quantitative estimate of drug-likeness (QED) is 0.526. The summed E-state index contributed by atoms with van der Waals surface area (Å²) in [5.41, 5.74) is 2.72. The predicted molar refractivity (Wildman–Crippen MR) is 103 cm³/mol. The fourth-order valence-electron chi connectivity index (χ4n) is 2.87. The number of fused-ring (bicyclic) bond motifs is 1. The first-order valence-corrected chi connectivity index (χ1v) is 9.06. The third-order valence-corrected chi connectivity index (χ3v) is 5.39. The number of hydrogen-bond donors (Lipinski definition) is 1. The van der Waals surface area contributed by atoms with E-state index in [2.05, 4.69) is 10.4 Å². The minimum Gasteiger partial charge on any atom is -0.321 e. The summed E-state index contributed by atoms with van der Waals surface area (Å²) in [6.45, 7) is 3.60. The van der Waals surface area contributed by atoms with Crippen molar-refractivity contribution in [1.29, 1.82) is 0 Å². The Morgan fingerprint density at radius 1 is 1.04 bits per heavy atom. The Bertz CT molecular complexity index is 1160. The predicted octanol–water partition coefficient (Wildman–Crippen LogP) is 5.23. The highest BCUT2D eigenvalue weighted by molar-refractivity contribution is 7.20. The average Bonchev–Trinajstić information content (AvgIpc) is 3.19. The molecular weight excluding hydrogens is 368 g/mol. The Hall–Kier alpha value is -3.06. The number of carbonyl (C=O) groups excluding carboxylic acids is 1. The Balaban J connectivity index is 1.70. The summed E-state index contributed by atoms with van der Waals surface area (Å²) >= 11 is 1.30. The molecule has 0 atom stereocenters. The van der Waals surface area contributed by atoms with Gasteiger partial charge in [0.05, 0.1) is 16.3 Å². The van der Waals surface area contributed by atoms with Gasteiger partial charge in [0.2, 0.25) is 0 Å². The Kier molecular flexibility index (Phi) is 4.24. The normalized spacial score (nSPS) is 11.1. The van der Waals surface area contributed by atoms with Crippen LogP contribution in [0.1, 0.15) is 20.9 Å². The molecule has 2 aromatic carbocycles. The molecular formula is C20H15F2N3OS. The van der Waals surface area contributed by atoms with Crippen molar-refractivity contribution in [2.45, 2.75) is 13.8 Å². The van der Waals surface area contributed by atoms with Crippen LogP contribution in [0.25, 0.3) is 15.9 Å². The Labute approximate surface area is 158 Å². The minimum absolute atomic E-state index is 0.268. The zero-order valence-corrected chi connectivity index (χ0v) is 15.4. The van der Waals surface area contributed by atoms with E-state index in [4.69, 9.17) is 0 Å². The molecule has 0 bridgehead atoms. The average molecular weight is 383 g/mol. The van der Waals surface area contributed by atoms with Gasteiger partial charge in [0.25, 0.3) is 5.91 Å². The lowest BCUT2D eigenvalue weighted by molar-refractivity contribution is 0.103. The summed E-state index contributed by atoms with van der Waals surface area (Å²) < 4.78 is 28.1. The molecule has 7 heteroatoms. The van der Waals surface area contributed by atoms with Gasteiger partial charge in [-0.3, -0.25) is 4.79 Å². The second-order valence-electron chi connectivity index (χ2n) is 6.22. The molecule has 4 nitrogen and oxygen atoms in total. The number of thiophene rings is 1. The van der Waals surface area contributed by atoms with Gasteiger partial charge < -0.3 is 5.32 Å². The number of nitrogens with one attached hydrogen (secondary N) is 1. The molecule has 0 unspecified atom stereocenters. The molecule has 0 aliphatic heterocycles. The van der Waals surface area contributed by atoms with E-state index in [0.29, 0.717) is 16.1 Å². The fraction of sp³-hybridized carbons (Fsp3) is 0.100. The first-order valence-electron chi connectivity index (χ1n) is 8.25. The number of halogens is 2. The van der Waals surface area contributed by atoms with E-state index in [1.807, 2.05) is 6.92 Å². The van der Waals surface area contributed by atoms with Crippen molar-refractivity contribution < 1.29 is 13.6 Å². The monoisotopic (exact) mass is 383 g/mol. The van der Waals surface area contributed by atoms with Crippen molar-refractivity contribution >= 4 is 33.1 Å². The summed E-state index contributed by atoms with van der Waals surface area (Å²) in [5.74, 6) is -0.932. The third-order valence-electron chi connectivity index (χ3n) is 4.28. The number of aromatic nitrogens is 2. The number of anilines is 1. The molecule has 0 spiro atoms. The largest absolute Gasteiger partial charge is 0.321 e. The van der Waals surface area contributed by atoms with E-state index in [1.165, 1.54) is 35.6 Å². The molecule has 136 valence electrons. The number of aryl methyl sites for hydroxylation is 2. The second kappa shape index (κ2) is 6.59. The maximum absolute atomic E-state index is 13.2. The van der Waals surface area contributed by atoms with Crippen LogP contribution in [0.4, 0.5) is 14.5 Å². The number of carbonyl (C=O) groups is 1. The van der Waals surface area contributed by atoms with E-state index in [1.54, 1.807) is 35.9 Å². The molecule has 4 rings (SSSR count). The highest BCUT2D eigenvalue weighted by atomic mass is 32.1. The van der Waals surface area contributed by atoms with Crippen molar-refractivity contribution in [1.82, 2.24) is 9.78 Å². The minimum atomic E-state index is -0.345. The van der Waals surface area contributed by atoms with Crippen LogP contribution in [-0.2, 0) is 0 Å². The summed E-state index contributed by atoms with van der Waals surface area (Å²) in [6, 6.07) is 12.0. The van der Waals surface area contributed by atoms with Gasteiger partial charge in [0.15, 0.2) is 0 Å². The molecule has 2 aromatic heterocycles. The van der Waals surface area contributed by atoms with Crippen LogP contribution >= 0.6 is 11.3 Å². The number of rotatable bonds is 3. The first kappa shape index (κ1) is 17.4. The summed E-state index contributed by atoms with van der Waals surface area (Å²) in [7, 11) is 0. The van der Waals surface area contributed by atoms with Gasteiger partial charge in [-0.05, 0) is 67.9 Å². The van der Waals surface area contributed by atoms with E-state index in [9.17, 15) is 13.6 Å². The molecule has 2 heterocycles. The molecule has 0 fully saturated rings. The van der Waals surface area contributed by atoms with Crippen LogP contribution in [0.15, 0.2) is 48.5 Å². The number of hydrogen-bond acceptors (Lipinski definition) is 3. The maximum atomic E-state index is 13.2. The number of nitrogens with zero attached hydrogens (tertiary/aromatic N) is 2. The van der Waals surface area contributed by atoms with Crippen molar-refractivity contribution in [3.63, 3.8) is 0 Å². The zero-order chi connectivity index (χ0) is 19.1. The molecule has 27 heavy (non-hydrogen) atoms. The molecule has 0 aliphatic carbocycles. The maximum Gasteiger partial charge on any atom is 0.265 e. The first-order chi connectivity index (χ1) is 12.9. The molecule has 0 radical (unpaired) electrons. The highest BCUT2D eigenvalue weighted by Crippen LogP contribution is 2.31. The molecule has 0 aliphatic rings. The van der Waals surface area contributed by atoms with E-state index < -0.39 is 0 Å². The van der Waals surface area contributed by atoms with Crippen LogP contribution in [0.2, 0.25) is 0 Å². The Morgan fingerprint density at radius 2 is 1.74 bits per heavy atom. The van der Waals surface area contributed by atoms with Gasteiger partial charge in [-0.1, -0.05) is 0 Å². The lowest BCUT2D eigenvalue weighted by Crippen LogP contribution is -2.11. The van der Waals surface area contributed by atoms with Gasteiger partial charge >= 0.3 is 0 Å². The van der Waals surface area contributed by atoms with Crippen molar-refractivity contribution in [2.24, 2.45) is 0 Å². The van der Waals surface area contributed by atoms with Gasteiger partial charge in [-0.15, -0.1) is 11.3 Å². The summed E-state index contributed by atoms with van der Waals surface area (Å²) in [4.78, 5) is 14.0. The molecule has 4 aromatic rings.